The zero-order valence-electron chi connectivity index (χ0n) is 12.3. The number of aliphatic hydroxyl groups excluding tert-OH is 1. The number of halogens is 1. The van der Waals surface area contributed by atoms with Crippen molar-refractivity contribution in [2.45, 2.75) is 30.9 Å². The molecular formula is C14H21BrN2O3S. The van der Waals surface area contributed by atoms with Gasteiger partial charge in [-0.3, -0.25) is 0 Å². The average molecular weight is 377 g/mol. The van der Waals surface area contributed by atoms with Crippen LogP contribution in [0.1, 0.15) is 18.9 Å². The van der Waals surface area contributed by atoms with Crippen LogP contribution >= 0.6 is 15.9 Å². The molecule has 21 heavy (non-hydrogen) atoms. The topological polar surface area (TPSA) is 60.9 Å². The second-order valence-electron chi connectivity index (χ2n) is 5.50. The SMILES string of the molecule is CC1CN(C)CCCN1S(=O)(=O)c1ccc(CO)cc1Br. The molecule has 1 unspecified atom stereocenters. The van der Waals surface area contributed by atoms with E-state index >= 15 is 0 Å². The third kappa shape index (κ3) is 3.65. The summed E-state index contributed by atoms with van der Waals surface area (Å²) in [5.74, 6) is 0. The van der Waals surface area contributed by atoms with E-state index < -0.39 is 10.0 Å². The van der Waals surface area contributed by atoms with Crippen molar-refractivity contribution < 1.29 is 13.5 Å². The van der Waals surface area contributed by atoms with E-state index in [4.69, 9.17) is 5.11 Å². The van der Waals surface area contributed by atoms with Crippen molar-refractivity contribution >= 4 is 26.0 Å². The summed E-state index contributed by atoms with van der Waals surface area (Å²) < 4.78 is 27.9. The minimum atomic E-state index is -3.54. The Bertz CT molecular complexity index is 606. The number of hydrogen-bond donors (Lipinski definition) is 1. The lowest BCUT2D eigenvalue weighted by atomic mass is 10.2. The smallest absolute Gasteiger partial charge is 0.244 e. The van der Waals surface area contributed by atoms with Gasteiger partial charge < -0.3 is 10.0 Å². The number of aliphatic hydroxyl groups is 1. The number of benzene rings is 1. The normalized spacial score (nSPS) is 22.2. The van der Waals surface area contributed by atoms with Crippen molar-refractivity contribution in [1.29, 1.82) is 0 Å². The van der Waals surface area contributed by atoms with Gasteiger partial charge >= 0.3 is 0 Å². The molecule has 0 bridgehead atoms. The third-order valence-corrected chi connectivity index (χ3v) is 6.74. The lowest BCUT2D eigenvalue weighted by Gasteiger charge is -2.27. The predicted molar refractivity (Wildman–Crippen MR) is 85.5 cm³/mol. The number of likely N-dealkylation sites (N-methyl/N-ethyl adjacent to an activating group) is 1. The molecule has 2 rings (SSSR count). The molecule has 5 nitrogen and oxygen atoms in total. The van der Waals surface area contributed by atoms with Crippen molar-refractivity contribution in [2.75, 3.05) is 26.7 Å². The van der Waals surface area contributed by atoms with Crippen LogP contribution in [-0.4, -0.2) is 55.5 Å². The Morgan fingerprint density at radius 2 is 2.10 bits per heavy atom. The van der Waals surface area contributed by atoms with Gasteiger partial charge in [0.1, 0.15) is 0 Å². The zero-order valence-corrected chi connectivity index (χ0v) is 14.7. The highest BCUT2D eigenvalue weighted by atomic mass is 79.9. The molecule has 0 aromatic heterocycles. The molecule has 1 aliphatic rings. The first-order valence-electron chi connectivity index (χ1n) is 6.96. The minimum Gasteiger partial charge on any atom is -0.392 e. The van der Waals surface area contributed by atoms with Crippen molar-refractivity contribution in [3.8, 4) is 0 Å². The molecule has 1 aliphatic heterocycles. The highest BCUT2D eigenvalue weighted by Gasteiger charge is 2.32. The number of nitrogens with zero attached hydrogens (tertiary/aromatic N) is 2. The van der Waals surface area contributed by atoms with Gasteiger partial charge in [0.15, 0.2) is 0 Å². The fourth-order valence-electron chi connectivity index (χ4n) is 2.69. The first kappa shape index (κ1) is 16.9. The van der Waals surface area contributed by atoms with Crippen molar-refractivity contribution in [1.82, 2.24) is 9.21 Å². The van der Waals surface area contributed by atoms with E-state index in [2.05, 4.69) is 20.8 Å². The monoisotopic (exact) mass is 376 g/mol. The van der Waals surface area contributed by atoms with E-state index in [1.165, 1.54) is 0 Å². The van der Waals surface area contributed by atoms with Gasteiger partial charge in [0.2, 0.25) is 10.0 Å². The Labute approximate surface area is 134 Å². The molecule has 1 aromatic rings. The van der Waals surface area contributed by atoms with Crippen molar-refractivity contribution in [3.63, 3.8) is 0 Å². The standard InChI is InChI=1S/C14H21BrN2O3S/c1-11-9-16(2)6-3-7-17(11)21(19,20)14-5-4-12(10-18)8-13(14)15/h4-5,8,11,18H,3,6-7,9-10H2,1-2H3. The molecular weight excluding hydrogens is 356 g/mol. The summed E-state index contributed by atoms with van der Waals surface area (Å²) in [6, 6.07) is 4.80. The molecule has 1 aromatic carbocycles. The predicted octanol–water partition coefficient (Wildman–Crippen LogP) is 1.66. The fourth-order valence-corrected chi connectivity index (χ4v) is 5.43. The second-order valence-corrected chi connectivity index (χ2v) is 8.22. The minimum absolute atomic E-state index is 0.0630. The summed E-state index contributed by atoms with van der Waals surface area (Å²) in [5.41, 5.74) is 0.685. The van der Waals surface area contributed by atoms with Gasteiger partial charge in [0, 0.05) is 23.6 Å². The number of rotatable bonds is 3. The quantitative estimate of drug-likeness (QED) is 0.871. The molecule has 0 spiro atoms. The highest BCUT2D eigenvalue weighted by Crippen LogP contribution is 2.28. The van der Waals surface area contributed by atoms with E-state index in [9.17, 15) is 8.42 Å². The number of hydrogen-bond acceptors (Lipinski definition) is 4. The molecule has 1 N–H and O–H groups in total. The Balaban J connectivity index is 2.37. The van der Waals surface area contributed by atoms with Gasteiger partial charge in [-0.05, 0) is 60.6 Å². The van der Waals surface area contributed by atoms with Crippen LogP contribution in [0.5, 0.6) is 0 Å². The van der Waals surface area contributed by atoms with Gasteiger partial charge in [-0.2, -0.15) is 4.31 Å². The Morgan fingerprint density at radius 1 is 1.38 bits per heavy atom. The molecule has 0 aliphatic carbocycles. The second kappa shape index (κ2) is 6.75. The summed E-state index contributed by atoms with van der Waals surface area (Å²) in [6.07, 6.45) is 0.826. The van der Waals surface area contributed by atoms with Crippen LogP contribution in [0.4, 0.5) is 0 Å². The molecule has 1 heterocycles. The van der Waals surface area contributed by atoms with Crippen LogP contribution in [0.2, 0.25) is 0 Å². The van der Waals surface area contributed by atoms with Crippen molar-refractivity contribution in [3.05, 3.63) is 28.2 Å². The van der Waals surface area contributed by atoms with E-state index in [0.717, 1.165) is 19.5 Å². The molecule has 1 atom stereocenters. The summed E-state index contributed by atoms with van der Waals surface area (Å²) in [4.78, 5) is 2.42. The van der Waals surface area contributed by atoms with Crippen LogP contribution < -0.4 is 0 Å². The molecule has 1 saturated heterocycles. The van der Waals surface area contributed by atoms with Crippen LogP contribution in [0, 0.1) is 0 Å². The molecule has 118 valence electrons. The largest absolute Gasteiger partial charge is 0.392 e. The summed E-state index contributed by atoms with van der Waals surface area (Å²) in [7, 11) is -1.52. The summed E-state index contributed by atoms with van der Waals surface area (Å²) >= 11 is 3.31. The summed E-state index contributed by atoms with van der Waals surface area (Å²) in [5, 5.41) is 9.13. The maximum Gasteiger partial charge on any atom is 0.244 e. The molecule has 0 saturated carbocycles. The van der Waals surface area contributed by atoms with Crippen LogP contribution in [0.25, 0.3) is 0 Å². The zero-order chi connectivity index (χ0) is 15.6. The van der Waals surface area contributed by atoms with Gasteiger partial charge in [0.25, 0.3) is 0 Å². The lowest BCUT2D eigenvalue weighted by Crippen LogP contribution is -2.42. The van der Waals surface area contributed by atoms with Gasteiger partial charge in [-0.1, -0.05) is 6.07 Å². The van der Waals surface area contributed by atoms with Crippen LogP contribution in [0.15, 0.2) is 27.6 Å². The fraction of sp³-hybridized carbons (Fsp3) is 0.571. The number of sulfonamides is 1. The Morgan fingerprint density at radius 3 is 2.71 bits per heavy atom. The van der Waals surface area contributed by atoms with E-state index in [-0.39, 0.29) is 17.5 Å². The molecule has 0 amide bonds. The molecule has 1 fully saturated rings. The Hall–Kier alpha value is -0.470. The van der Waals surface area contributed by atoms with Gasteiger partial charge in [-0.15, -0.1) is 0 Å². The first-order valence-corrected chi connectivity index (χ1v) is 9.19. The maximum atomic E-state index is 12.9. The molecule has 0 radical (unpaired) electrons. The van der Waals surface area contributed by atoms with Crippen LogP contribution in [-0.2, 0) is 16.6 Å². The Kier molecular flexibility index (Phi) is 5.43. The highest BCUT2D eigenvalue weighted by molar-refractivity contribution is 9.10. The van der Waals surface area contributed by atoms with E-state index in [1.54, 1.807) is 22.5 Å². The average Bonchev–Trinajstić information content (AvgIpc) is 2.59. The van der Waals surface area contributed by atoms with Crippen molar-refractivity contribution in [2.24, 2.45) is 0 Å². The lowest BCUT2D eigenvalue weighted by molar-refractivity contribution is 0.281. The molecule has 7 heteroatoms. The maximum absolute atomic E-state index is 12.9. The third-order valence-electron chi connectivity index (χ3n) is 3.75. The van der Waals surface area contributed by atoms with E-state index in [0.29, 0.717) is 16.6 Å². The van der Waals surface area contributed by atoms with Gasteiger partial charge in [-0.25, -0.2) is 8.42 Å². The van der Waals surface area contributed by atoms with Crippen LogP contribution in [0.3, 0.4) is 0 Å². The first-order chi connectivity index (χ1) is 9.86. The van der Waals surface area contributed by atoms with E-state index in [1.807, 2.05) is 14.0 Å². The van der Waals surface area contributed by atoms with Gasteiger partial charge in [0.05, 0.1) is 11.5 Å². The summed E-state index contributed by atoms with van der Waals surface area (Å²) in [6.45, 7) is 3.99.